The average Bonchev–Trinajstić information content (AvgIpc) is 2.39. The second kappa shape index (κ2) is 5.83. The molecule has 19 heavy (non-hydrogen) atoms. The molecule has 0 radical (unpaired) electrons. The zero-order chi connectivity index (χ0) is 13.9. The number of phenolic OH excluding ortho intramolecular Hbond substituents is 1. The van der Waals surface area contributed by atoms with Gasteiger partial charge in [-0.3, -0.25) is 0 Å². The van der Waals surface area contributed by atoms with Gasteiger partial charge in [0, 0.05) is 12.6 Å². The zero-order valence-electron chi connectivity index (χ0n) is 12.2. The number of methoxy groups -OCH3 is 1. The summed E-state index contributed by atoms with van der Waals surface area (Å²) in [6.45, 7) is 5.55. The van der Waals surface area contributed by atoms with Gasteiger partial charge in [-0.2, -0.15) is 0 Å². The summed E-state index contributed by atoms with van der Waals surface area (Å²) >= 11 is 0. The van der Waals surface area contributed by atoms with Gasteiger partial charge < -0.3 is 15.2 Å². The highest BCUT2D eigenvalue weighted by atomic mass is 16.5. The molecule has 1 saturated carbocycles. The summed E-state index contributed by atoms with van der Waals surface area (Å²) in [5.74, 6) is 0.745. The number of hydrogen-bond acceptors (Lipinski definition) is 3. The Balaban J connectivity index is 1.86. The molecule has 2 N–H and O–H groups in total. The van der Waals surface area contributed by atoms with Gasteiger partial charge in [0.2, 0.25) is 0 Å². The lowest BCUT2D eigenvalue weighted by molar-refractivity contribution is 0.206. The lowest BCUT2D eigenvalue weighted by Crippen LogP contribution is -2.35. The van der Waals surface area contributed by atoms with Gasteiger partial charge in [0.05, 0.1) is 7.11 Å². The Morgan fingerprint density at radius 3 is 2.63 bits per heavy atom. The zero-order valence-corrected chi connectivity index (χ0v) is 12.2. The molecule has 0 amide bonds. The molecule has 1 aromatic rings. The number of phenols is 1. The van der Waals surface area contributed by atoms with Crippen molar-refractivity contribution in [3.05, 3.63) is 23.8 Å². The van der Waals surface area contributed by atoms with Crippen molar-refractivity contribution in [2.45, 2.75) is 52.1 Å². The van der Waals surface area contributed by atoms with E-state index in [1.54, 1.807) is 13.2 Å². The van der Waals surface area contributed by atoms with Gasteiger partial charge in [-0.25, -0.2) is 0 Å². The minimum atomic E-state index is 0.200. The Labute approximate surface area is 116 Å². The van der Waals surface area contributed by atoms with Crippen LogP contribution in [0.2, 0.25) is 0 Å². The third-order valence-corrected chi connectivity index (χ3v) is 4.18. The van der Waals surface area contributed by atoms with Crippen molar-refractivity contribution in [1.29, 1.82) is 0 Å². The summed E-state index contributed by atoms with van der Waals surface area (Å²) in [7, 11) is 1.58. The summed E-state index contributed by atoms with van der Waals surface area (Å²) in [6, 6.07) is 6.15. The largest absolute Gasteiger partial charge is 0.504 e. The van der Waals surface area contributed by atoms with E-state index < -0.39 is 0 Å². The fourth-order valence-electron chi connectivity index (χ4n) is 2.70. The van der Waals surface area contributed by atoms with Gasteiger partial charge in [-0.15, -0.1) is 0 Å². The van der Waals surface area contributed by atoms with E-state index in [2.05, 4.69) is 19.2 Å². The van der Waals surface area contributed by atoms with Crippen LogP contribution in [0.3, 0.4) is 0 Å². The maximum Gasteiger partial charge on any atom is 0.160 e. The lowest BCUT2D eigenvalue weighted by atomic mass is 9.75. The van der Waals surface area contributed by atoms with E-state index in [0.29, 0.717) is 17.2 Å². The van der Waals surface area contributed by atoms with Crippen molar-refractivity contribution in [3.63, 3.8) is 0 Å². The number of rotatable bonds is 4. The Bertz CT molecular complexity index is 419. The third-order valence-electron chi connectivity index (χ3n) is 4.18. The minimum absolute atomic E-state index is 0.200. The van der Waals surface area contributed by atoms with Crippen LogP contribution in [0.5, 0.6) is 11.5 Å². The number of aromatic hydroxyl groups is 1. The van der Waals surface area contributed by atoms with E-state index in [-0.39, 0.29) is 5.75 Å². The molecular weight excluding hydrogens is 238 g/mol. The first-order chi connectivity index (χ1) is 9.00. The molecule has 0 spiro atoms. The van der Waals surface area contributed by atoms with Crippen LogP contribution in [0.25, 0.3) is 0 Å². The maximum atomic E-state index is 9.56. The van der Waals surface area contributed by atoms with Crippen LogP contribution in [-0.4, -0.2) is 18.3 Å². The molecule has 0 saturated heterocycles. The molecule has 1 aromatic carbocycles. The van der Waals surface area contributed by atoms with Gasteiger partial charge in [0.15, 0.2) is 11.5 Å². The van der Waals surface area contributed by atoms with Gasteiger partial charge in [-0.05, 0) is 48.8 Å². The molecule has 0 unspecified atom stereocenters. The first kappa shape index (κ1) is 14.2. The highest BCUT2D eigenvalue weighted by molar-refractivity contribution is 5.41. The normalized spacial score (nSPS) is 19.3. The number of nitrogens with one attached hydrogen (secondary N) is 1. The second-order valence-electron chi connectivity index (χ2n) is 6.33. The van der Waals surface area contributed by atoms with Crippen LogP contribution in [0.4, 0.5) is 0 Å². The quantitative estimate of drug-likeness (QED) is 0.874. The molecule has 0 atom stereocenters. The molecule has 3 heteroatoms. The van der Waals surface area contributed by atoms with Crippen molar-refractivity contribution < 1.29 is 9.84 Å². The Morgan fingerprint density at radius 2 is 2.00 bits per heavy atom. The molecule has 2 rings (SSSR count). The molecule has 106 valence electrons. The van der Waals surface area contributed by atoms with Crippen molar-refractivity contribution in [1.82, 2.24) is 5.32 Å². The standard InChI is InChI=1S/C16H25NO2/c1-16(2)8-6-13(7-9-16)17-11-12-4-5-14(18)15(10-12)19-3/h4-5,10,13,17-18H,6-9,11H2,1-3H3. The third kappa shape index (κ3) is 3.87. The van der Waals surface area contributed by atoms with Gasteiger partial charge in [0.25, 0.3) is 0 Å². The molecule has 1 aliphatic carbocycles. The topological polar surface area (TPSA) is 41.5 Å². The van der Waals surface area contributed by atoms with E-state index in [1.165, 1.54) is 25.7 Å². The van der Waals surface area contributed by atoms with E-state index in [1.807, 2.05) is 12.1 Å². The summed E-state index contributed by atoms with van der Waals surface area (Å²) in [5, 5.41) is 13.2. The predicted molar refractivity (Wildman–Crippen MR) is 77.5 cm³/mol. The summed E-state index contributed by atoms with van der Waals surface area (Å²) < 4.78 is 5.13. The van der Waals surface area contributed by atoms with Crippen LogP contribution in [-0.2, 0) is 6.54 Å². The molecule has 0 aromatic heterocycles. The first-order valence-corrected chi connectivity index (χ1v) is 7.09. The smallest absolute Gasteiger partial charge is 0.160 e. The van der Waals surface area contributed by atoms with Crippen molar-refractivity contribution in [3.8, 4) is 11.5 Å². The fraction of sp³-hybridized carbons (Fsp3) is 0.625. The highest BCUT2D eigenvalue weighted by Gasteiger charge is 2.26. The molecular formula is C16H25NO2. The van der Waals surface area contributed by atoms with Gasteiger partial charge in [0.1, 0.15) is 0 Å². The molecule has 1 aliphatic rings. The molecule has 0 heterocycles. The Morgan fingerprint density at radius 1 is 1.32 bits per heavy atom. The summed E-state index contributed by atoms with van der Waals surface area (Å²) in [4.78, 5) is 0. The number of ether oxygens (including phenoxy) is 1. The van der Waals surface area contributed by atoms with Crippen molar-refractivity contribution in [2.75, 3.05) is 7.11 Å². The van der Waals surface area contributed by atoms with E-state index >= 15 is 0 Å². The van der Waals surface area contributed by atoms with E-state index in [4.69, 9.17) is 4.74 Å². The van der Waals surface area contributed by atoms with Crippen LogP contribution in [0, 0.1) is 5.41 Å². The van der Waals surface area contributed by atoms with E-state index in [0.717, 1.165) is 12.1 Å². The molecule has 0 bridgehead atoms. The van der Waals surface area contributed by atoms with Gasteiger partial charge in [-0.1, -0.05) is 19.9 Å². The number of hydrogen-bond donors (Lipinski definition) is 2. The molecule has 1 fully saturated rings. The van der Waals surface area contributed by atoms with Crippen molar-refractivity contribution >= 4 is 0 Å². The fourth-order valence-corrected chi connectivity index (χ4v) is 2.70. The maximum absolute atomic E-state index is 9.56. The molecule has 0 aliphatic heterocycles. The van der Waals surface area contributed by atoms with Crippen LogP contribution < -0.4 is 10.1 Å². The Kier molecular flexibility index (Phi) is 4.35. The highest BCUT2D eigenvalue weighted by Crippen LogP contribution is 2.35. The molecule has 3 nitrogen and oxygen atoms in total. The van der Waals surface area contributed by atoms with Gasteiger partial charge >= 0.3 is 0 Å². The lowest BCUT2D eigenvalue weighted by Gasteiger charge is -2.34. The summed E-state index contributed by atoms with van der Waals surface area (Å²) in [6.07, 6.45) is 5.09. The average molecular weight is 263 g/mol. The second-order valence-corrected chi connectivity index (χ2v) is 6.33. The van der Waals surface area contributed by atoms with Crippen LogP contribution >= 0.6 is 0 Å². The summed E-state index contributed by atoms with van der Waals surface area (Å²) in [5.41, 5.74) is 1.67. The van der Waals surface area contributed by atoms with Crippen LogP contribution in [0.15, 0.2) is 18.2 Å². The van der Waals surface area contributed by atoms with E-state index in [9.17, 15) is 5.11 Å². The Hall–Kier alpha value is -1.22. The van der Waals surface area contributed by atoms with Crippen molar-refractivity contribution in [2.24, 2.45) is 5.41 Å². The minimum Gasteiger partial charge on any atom is -0.504 e. The monoisotopic (exact) mass is 263 g/mol. The van der Waals surface area contributed by atoms with Crippen LogP contribution in [0.1, 0.15) is 45.1 Å². The predicted octanol–water partition coefficient (Wildman–Crippen LogP) is 3.46. The first-order valence-electron chi connectivity index (χ1n) is 7.09. The number of benzene rings is 1. The SMILES string of the molecule is COc1cc(CNC2CCC(C)(C)CC2)ccc1O.